The van der Waals surface area contributed by atoms with Crippen molar-refractivity contribution in [2.24, 2.45) is 0 Å². The van der Waals surface area contributed by atoms with E-state index in [1.165, 1.54) is 34.3 Å². The van der Waals surface area contributed by atoms with E-state index < -0.39 is 40.0 Å². The van der Waals surface area contributed by atoms with Gasteiger partial charge in [-0.25, -0.2) is 13.2 Å². The lowest BCUT2D eigenvalue weighted by Gasteiger charge is -2.34. The number of Topliss-reactive ketones (excluding diaryl/α,β-unsaturated/α-hetero) is 1. The van der Waals surface area contributed by atoms with Crippen LogP contribution in [0.5, 0.6) is 0 Å². The number of benzene rings is 2. The van der Waals surface area contributed by atoms with E-state index in [9.17, 15) is 27.6 Å². The number of rotatable bonds is 6. The van der Waals surface area contributed by atoms with E-state index in [-0.39, 0.29) is 36.9 Å². The van der Waals surface area contributed by atoms with Crippen LogP contribution in [-0.4, -0.2) is 78.9 Å². The number of halogens is 1. The second-order valence-electron chi connectivity index (χ2n) is 8.80. The molecule has 1 N–H and O–H groups in total. The number of piperazine rings is 1. The molecule has 4 amide bonds. The van der Waals surface area contributed by atoms with Crippen LogP contribution in [0.25, 0.3) is 0 Å². The first-order chi connectivity index (χ1) is 16.9. The first-order valence-electron chi connectivity index (χ1n) is 11.2. The highest BCUT2D eigenvalue weighted by molar-refractivity contribution is 9.10. The van der Waals surface area contributed by atoms with Gasteiger partial charge in [-0.3, -0.25) is 19.3 Å². The molecule has 10 nitrogen and oxygen atoms in total. The Kier molecular flexibility index (Phi) is 7.04. The van der Waals surface area contributed by atoms with Crippen LogP contribution < -0.4 is 5.32 Å². The molecule has 0 radical (unpaired) electrons. The summed E-state index contributed by atoms with van der Waals surface area (Å²) < 4.78 is 28.0. The first-order valence-corrected chi connectivity index (χ1v) is 13.5. The summed E-state index contributed by atoms with van der Waals surface area (Å²) in [6, 6.07) is 12.2. The second kappa shape index (κ2) is 9.75. The number of carbonyl (C=O) groups excluding carboxylic acids is 4. The molecule has 2 saturated heterocycles. The van der Waals surface area contributed by atoms with Crippen LogP contribution in [0.3, 0.4) is 0 Å². The highest BCUT2D eigenvalue weighted by atomic mass is 79.9. The summed E-state index contributed by atoms with van der Waals surface area (Å²) in [7, 11) is -3.85. The quantitative estimate of drug-likeness (QED) is 0.414. The van der Waals surface area contributed by atoms with E-state index in [0.717, 1.165) is 4.90 Å². The van der Waals surface area contributed by atoms with Crippen molar-refractivity contribution in [3.05, 3.63) is 64.1 Å². The zero-order chi connectivity index (χ0) is 26.3. The van der Waals surface area contributed by atoms with Crippen LogP contribution in [0.4, 0.5) is 4.79 Å². The van der Waals surface area contributed by atoms with Crippen molar-refractivity contribution < 1.29 is 27.6 Å². The molecule has 0 aliphatic carbocycles. The van der Waals surface area contributed by atoms with Crippen molar-refractivity contribution in [1.82, 2.24) is 19.4 Å². The van der Waals surface area contributed by atoms with Crippen molar-refractivity contribution in [3.8, 4) is 0 Å². The highest BCUT2D eigenvalue weighted by Crippen LogP contribution is 2.33. The van der Waals surface area contributed by atoms with E-state index >= 15 is 0 Å². The molecule has 2 fully saturated rings. The van der Waals surface area contributed by atoms with Gasteiger partial charge in [0, 0.05) is 41.8 Å². The highest BCUT2D eigenvalue weighted by Gasteiger charge is 2.50. The lowest BCUT2D eigenvalue weighted by Crippen LogP contribution is -2.53. The van der Waals surface area contributed by atoms with Gasteiger partial charge in [0.15, 0.2) is 5.78 Å². The third-order valence-electron chi connectivity index (χ3n) is 6.45. The van der Waals surface area contributed by atoms with Crippen LogP contribution in [0.1, 0.15) is 29.8 Å². The average molecular weight is 577 g/mol. The molecule has 2 aliphatic rings. The van der Waals surface area contributed by atoms with Crippen molar-refractivity contribution >= 4 is 49.6 Å². The molecule has 0 aromatic heterocycles. The van der Waals surface area contributed by atoms with E-state index in [1.54, 1.807) is 37.3 Å². The van der Waals surface area contributed by atoms with Gasteiger partial charge in [0.2, 0.25) is 15.9 Å². The van der Waals surface area contributed by atoms with Gasteiger partial charge in [-0.15, -0.1) is 0 Å². The van der Waals surface area contributed by atoms with Gasteiger partial charge in [0.05, 0.1) is 4.90 Å². The van der Waals surface area contributed by atoms with Crippen molar-refractivity contribution in [2.45, 2.75) is 24.3 Å². The summed E-state index contributed by atoms with van der Waals surface area (Å²) in [5.74, 6) is -1.23. The molecule has 0 bridgehead atoms. The molecule has 36 heavy (non-hydrogen) atoms. The van der Waals surface area contributed by atoms with Crippen LogP contribution in [0.15, 0.2) is 57.9 Å². The Hall–Kier alpha value is -3.09. The minimum atomic E-state index is -3.85. The van der Waals surface area contributed by atoms with Gasteiger partial charge < -0.3 is 10.2 Å². The van der Waals surface area contributed by atoms with Gasteiger partial charge in [-0.2, -0.15) is 4.31 Å². The zero-order valence-electron chi connectivity index (χ0n) is 19.7. The Morgan fingerprint density at radius 2 is 1.69 bits per heavy atom. The third kappa shape index (κ3) is 4.67. The molecule has 0 spiro atoms. The summed E-state index contributed by atoms with van der Waals surface area (Å²) in [6.07, 6.45) is 0. The molecule has 2 aromatic rings. The van der Waals surface area contributed by atoms with Gasteiger partial charge in [-0.1, -0.05) is 46.3 Å². The molecular formula is C24H25BrN4O6S. The SMILES string of the molecule is CC(=O)c1cccc(S(=O)(=O)N2CCN(C(=O)CN3C(=O)NC(C)(c4ccccc4Br)C3=O)CC2)c1. The molecule has 1 atom stereocenters. The molecule has 2 aromatic carbocycles. The zero-order valence-corrected chi connectivity index (χ0v) is 22.1. The van der Waals surface area contributed by atoms with Gasteiger partial charge >= 0.3 is 6.03 Å². The fourth-order valence-electron chi connectivity index (χ4n) is 4.33. The monoisotopic (exact) mass is 576 g/mol. The smallest absolute Gasteiger partial charge is 0.325 e. The fraction of sp³-hybridized carbons (Fsp3) is 0.333. The van der Waals surface area contributed by atoms with E-state index in [0.29, 0.717) is 15.6 Å². The number of nitrogens with one attached hydrogen (secondary N) is 1. The molecule has 2 aliphatic heterocycles. The number of sulfonamides is 1. The molecule has 4 rings (SSSR count). The molecule has 2 heterocycles. The van der Waals surface area contributed by atoms with Crippen molar-refractivity contribution in [2.75, 3.05) is 32.7 Å². The van der Waals surface area contributed by atoms with Gasteiger partial charge in [-0.05, 0) is 32.0 Å². The largest absolute Gasteiger partial charge is 0.338 e. The van der Waals surface area contributed by atoms with E-state index in [1.807, 2.05) is 0 Å². The Balaban J connectivity index is 1.41. The molecule has 190 valence electrons. The predicted octanol–water partition coefficient (Wildman–Crippen LogP) is 1.95. The summed E-state index contributed by atoms with van der Waals surface area (Å²) in [4.78, 5) is 52.7. The summed E-state index contributed by atoms with van der Waals surface area (Å²) in [6.45, 7) is 2.81. The van der Waals surface area contributed by atoms with E-state index in [2.05, 4.69) is 21.2 Å². The molecule has 1 unspecified atom stereocenters. The molecule has 12 heteroatoms. The summed E-state index contributed by atoms with van der Waals surface area (Å²) in [5, 5.41) is 2.68. The Morgan fingerprint density at radius 1 is 1.03 bits per heavy atom. The van der Waals surface area contributed by atoms with Crippen LogP contribution in [0, 0.1) is 0 Å². The normalized spacial score (nSPS) is 21.0. The summed E-state index contributed by atoms with van der Waals surface area (Å²) >= 11 is 3.40. The number of urea groups is 1. The second-order valence-corrected chi connectivity index (χ2v) is 11.6. The minimum Gasteiger partial charge on any atom is -0.338 e. The maximum atomic E-state index is 13.2. The maximum Gasteiger partial charge on any atom is 0.325 e. The fourth-order valence-corrected chi connectivity index (χ4v) is 6.48. The van der Waals surface area contributed by atoms with Crippen LogP contribution in [0.2, 0.25) is 0 Å². The van der Waals surface area contributed by atoms with Crippen molar-refractivity contribution in [1.29, 1.82) is 0 Å². The Bertz CT molecular complexity index is 1360. The number of hydrogen-bond donors (Lipinski definition) is 1. The van der Waals surface area contributed by atoms with Gasteiger partial charge in [0.25, 0.3) is 5.91 Å². The lowest BCUT2D eigenvalue weighted by molar-refractivity contribution is -0.139. The Morgan fingerprint density at radius 3 is 2.33 bits per heavy atom. The number of imide groups is 1. The standard InChI is InChI=1S/C24H25BrN4O6S/c1-16(30)17-6-5-7-18(14-17)36(34,35)28-12-10-27(11-13-28)21(31)15-29-22(32)24(2,26-23(29)33)19-8-3-4-9-20(19)25/h3-9,14H,10-13,15H2,1-2H3,(H,26,33). The molecular weight excluding hydrogens is 552 g/mol. The van der Waals surface area contributed by atoms with E-state index in [4.69, 9.17) is 0 Å². The first kappa shape index (κ1) is 26.0. The average Bonchev–Trinajstić information content (AvgIpc) is 3.07. The maximum absolute atomic E-state index is 13.2. The predicted molar refractivity (Wildman–Crippen MR) is 134 cm³/mol. The van der Waals surface area contributed by atoms with Crippen molar-refractivity contribution in [3.63, 3.8) is 0 Å². The van der Waals surface area contributed by atoms with Crippen LogP contribution >= 0.6 is 15.9 Å². The topological polar surface area (TPSA) is 124 Å². The van der Waals surface area contributed by atoms with Gasteiger partial charge in [0.1, 0.15) is 12.1 Å². The van der Waals surface area contributed by atoms with Crippen LogP contribution in [-0.2, 0) is 25.2 Å². The number of nitrogens with zero attached hydrogens (tertiary/aromatic N) is 3. The lowest BCUT2D eigenvalue weighted by atomic mass is 9.92. The Labute approximate surface area is 217 Å². The third-order valence-corrected chi connectivity index (χ3v) is 9.04. The summed E-state index contributed by atoms with van der Waals surface area (Å²) in [5.41, 5.74) is -0.447. The molecule has 0 saturated carbocycles. The number of carbonyl (C=O) groups is 4. The minimum absolute atomic E-state index is 0.0145. The number of amides is 4. The number of hydrogen-bond acceptors (Lipinski definition) is 6. The number of ketones is 1.